The fraction of sp³-hybridized carbons (Fsp3) is 0.474. The van der Waals surface area contributed by atoms with Crippen LogP contribution in [0.2, 0.25) is 0 Å². The molecular weight excluding hydrogens is 244 g/mol. The van der Waals surface area contributed by atoms with Gasteiger partial charge in [-0.05, 0) is 56.2 Å². The molecule has 0 radical (unpaired) electrons. The highest BCUT2D eigenvalue weighted by molar-refractivity contribution is 5.34. The summed E-state index contributed by atoms with van der Waals surface area (Å²) in [4.78, 5) is 0. The van der Waals surface area contributed by atoms with Gasteiger partial charge in [0.1, 0.15) is 0 Å². The minimum atomic E-state index is 0.0911. The lowest BCUT2D eigenvalue weighted by Gasteiger charge is -2.26. The summed E-state index contributed by atoms with van der Waals surface area (Å²) in [6.45, 7) is 0. The Labute approximate surface area is 122 Å². The summed E-state index contributed by atoms with van der Waals surface area (Å²) in [6, 6.07) is 10.2. The fourth-order valence-electron chi connectivity index (χ4n) is 3.04. The van der Waals surface area contributed by atoms with Crippen molar-refractivity contribution in [3.63, 3.8) is 0 Å². The number of benzene rings is 1. The molecule has 2 aliphatic rings. The first kappa shape index (κ1) is 13.3. The topological polar surface area (TPSA) is 9.23 Å². The van der Waals surface area contributed by atoms with E-state index in [-0.39, 0.29) is 6.10 Å². The molecule has 0 N–H and O–H groups in total. The summed E-state index contributed by atoms with van der Waals surface area (Å²) in [5.41, 5.74) is 2.65. The van der Waals surface area contributed by atoms with E-state index in [0.29, 0.717) is 0 Å². The van der Waals surface area contributed by atoms with Crippen molar-refractivity contribution in [3.8, 4) is 11.8 Å². The first-order chi connectivity index (χ1) is 9.92. The van der Waals surface area contributed by atoms with Crippen LogP contribution in [-0.4, -0.2) is 6.10 Å². The predicted molar refractivity (Wildman–Crippen MR) is 82.2 cm³/mol. The molecule has 104 valence electrons. The molecular formula is C19H22O. The Hall–Kier alpha value is -1.68. The fourth-order valence-corrected chi connectivity index (χ4v) is 3.04. The smallest absolute Gasteiger partial charge is 0.159 e. The zero-order chi connectivity index (χ0) is 13.6. The van der Waals surface area contributed by atoms with E-state index in [4.69, 9.17) is 4.74 Å². The third kappa shape index (κ3) is 3.45. The molecule has 1 aliphatic heterocycles. The molecule has 0 bridgehead atoms. The zero-order valence-electron chi connectivity index (χ0n) is 12.0. The average molecular weight is 266 g/mol. The van der Waals surface area contributed by atoms with Gasteiger partial charge in [-0.2, -0.15) is 0 Å². The van der Waals surface area contributed by atoms with Crippen molar-refractivity contribution in [2.24, 2.45) is 0 Å². The van der Waals surface area contributed by atoms with Crippen LogP contribution >= 0.6 is 0 Å². The van der Waals surface area contributed by atoms with Gasteiger partial charge in [0.25, 0.3) is 0 Å². The minimum Gasteiger partial charge on any atom is -0.482 e. The summed E-state index contributed by atoms with van der Waals surface area (Å²) in [6.07, 6.45) is 10.0. The van der Waals surface area contributed by atoms with E-state index >= 15 is 0 Å². The van der Waals surface area contributed by atoms with Crippen LogP contribution in [0.4, 0.5) is 0 Å². The van der Waals surface area contributed by atoms with Crippen LogP contribution in [0.3, 0.4) is 0 Å². The van der Waals surface area contributed by atoms with Gasteiger partial charge in [-0.25, -0.2) is 0 Å². The van der Waals surface area contributed by atoms with Crippen LogP contribution in [-0.2, 0) is 4.74 Å². The second-order valence-electron chi connectivity index (χ2n) is 5.72. The maximum absolute atomic E-state index is 6.15. The van der Waals surface area contributed by atoms with Crippen molar-refractivity contribution in [3.05, 3.63) is 47.2 Å². The summed E-state index contributed by atoms with van der Waals surface area (Å²) in [7, 11) is 0. The lowest BCUT2D eigenvalue weighted by atomic mass is 9.91. The van der Waals surface area contributed by atoms with Gasteiger partial charge in [0.15, 0.2) is 6.10 Å². The van der Waals surface area contributed by atoms with Crippen LogP contribution in [0.25, 0.3) is 0 Å². The molecule has 1 heterocycles. The highest BCUT2D eigenvalue weighted by Crippen LogP contribution is 2.32. The van der Waals surface area contributed by atoms with E-state index in [9.17, 15) is 0 Å². The highest BCUT2D eigenvalue weighted by atomic mass is 16.5. The van der Waals surface area contributed by atoms with Gasteiger partial charge in [0, 0.05) is 12.0 Å². The van der Waals surface area contributed by atoms with Gasteiger partial charge in [-0.15, -0.1) is 0 Å². The number of hydrogen-bond donors (Lipinski definition) is 0. The Morgan fingerprint density at radius 3 is 2.50 bits per heavy atom. The van der Waals surface area contributed by atoms with Crippen molar-refractivity contribution >= 4 is 0 Å². The molecule has 1 unspecified atom stereocenters. The molecule has 1 atom stereocenters. The SMILES string of the molecule is C(#CC1CCCC(=C2CCCCC2)O1)c1ccccc1. The van der Waals surface area contributed by atoms with Crippen molar-refractivity contribution in [2.75, 3.05) is 0 Å². The van der Waals surface area contributed by atoms with Gasteiger partial charge in [0.2, 0.25) is 0 Å². The quantitative estimate of drug-likeness (QED) is 0.611. The number of ether oxygens (including phenoxy) is 1. The Kier molecular flexibility index (Phi) is 4.43. The lowest BCUT2D eigenvalue weighted by Crippen LogP contribution is -2.17. The molecule has 1 saturated heterocycles. The monoisotopic (exact) mass is 266 g/mol. The Morgan fingerprint density at radius 2 is 1.70 bits per heavy atom. The van der Waals surface area contributed by atoms with Gasteiger partial charge in [-0.1, -0.05) is 36.5 Å². The Bertz CT molecular complexity index is 522. The summed E-state index contributed by atoms with van der Waals surface area (Å²) < 4.78 is 6.15. The van der Waals surface area contributed by atoms with E-state index in [1.165, 1.54) is 44.3 Å². The van der Waals surface area contributed by atoms with Crippen molar-refractivity contribution < 1.29 is 4.74 Å². The first-order valence-electron chi connectivity index (χ1n) is 7.86. The number of allylic oxidation sites excluding steroid dienone is 2. The number of rotatable bonds is 0. The Morgan fingerprint density at radius 1 is 0.900 bits per heavy atom. The lowest BCUT2D eigenvalue weighted by molar-refractivity contribution is 0.111. The van der Waals surface area contributed by atoms with Crippen LogP contribution < -0.4 is 0 Å². The molecule has 0 amide bonds. The average Bonchev–Trinajstić information content (AvgIpc) is 2.55. The maximum Gasteiger partial charge on any atom is 0.159 e. The standard InChI is InChI=1S/C19H22O/c1-3-8-16(9-4-1)14-15-18-12-7-13-19(20-18)17-10-5-2-6-11-17/h1,3-4,8-9,18H,2,5-7,10-13H2. The molecule has 1 aromatic carbocycles. The third-order valence-electron chi connectivity index (χ3n) is 4.16. The summed E-state index contributed by atoms with van der Waals surface area (Å²) >= 11 is 0. The van der Waals surface area contributed by atoms with Crippen molar-refractivity contribution in [1.82, 2.24) is 0 Å². The van der Waals surface area contributed by atoms with Crippen molar-refractivity contribution in [1.29, 1.82) is 0 Å². The summed E-state index contributed by atoms with van der Waals surface area (Å²) in [5.74, 6) is 7.81. The normalized spacial score (nSPS) is 22.7. The molecule has 1 aliphatic carbocycles. The van der Waals surface area contributed by atoms with Crippen molar-refractivity contribution in [2.45, 2.75) is 57.5 Å². The largest absolute Gasteiger partial charge is 0.482 e. The summed E-state index contributed by atoms with van der Waals surface area (Å²) in [5, 5.41) is 0. The Balaban J connectivity index is 1.68. The molecule has 3 rings (SSSR count). The number of hydrogen-bond acceptors (Lipinski definition) is 1. The molecule has 20 heavy (non-hydrogen) atoms. The van der Waals surface area contributed by atoms with E-state index in [0.717, 1.165) is 18.4 Å². The molecule has 1 heteroatoms. The van der Waals surface area contributed by atoms with E-state index in [1.807, 2.05) is 18.2 Å². The van der Waals surface area contributed by atoms with Gasteiger partial charge < -0.3 is 4.74 Å². The maximum atomic E-state index is 6.15. The van der Waals surface area contributed by atoms with E-state index in [1.54, 1.807) is 5.57 Å². The van der Waals surface area contributed by atoms with Gasteiger partial charge >= 0.3 is 0 Å². The second-order valence-corrected chi connectivity index (χ2v) is 5.72. The molecule has 2 fully saturated rings. The second kappa shape index (κ2) is 6.66. The van der Waals surface area contributed by atoms with Gasteiger partial charge in [0.05, 0.1) is 5.76 Å². The van der Waals surface area contributed by atoms with Gasteiger partial charge in [-0.3, -0.25) is 0 Å². The first-order valence-corrected chi connectivity index (χ1v) is 7.86. The van der Waals surface area contributed by atoms with Crippen LogP contribution in [0.1, 0.15) is 56.9 Å². The third-order valence-corrected chi connectivity index (χ3v) is 4.16. The highest BCUT2D eigenvalue weighted by Gasteiger charge is 2.20. The van der Waals surface area contributed by atoms with Crippen LogP contribution in [0.5, 0.6) is 0 Å². The minimum absolute atomic E-state index is 0.0911. The zero-order valence-corrected chi connectivity index (χ0v) is 12.0. The van der Waals surface area contributed by atoms with E-state index < -0.39 is 0 Å². The van der Waals surface area contributed by atoms with Crippen LogP contribution in [0, 0.1) is 11.8 Å². The molecule has 1 nitrogen and oxygen atoms in total. The van der Waals surface area contributed by atoms with E-state index in [2.05, 4.69) is 24.0 Å². The molecule has 0 spiro atoms. The van der Waals surface area contributed by atoms with Crippen LogP contribution in [0.15, 0.2) is 41.7 Å². The molecule has 1 saturated carbocycles. The predicted octanol–water partition coefficient (Wildman–Crippen LogP) is 4.83. The molecule has 1 aromatic rings. The molecule has 0 aromatic heterocycles.